The number of carbonyl (C=O) groups excluding carboxylic acids is 2. The van der Waals surface area contributed by atoms with Crippen LogP contribution in [0.4, 0.5) is 10.1 Å². The quantitative estimate of drug-likeness (QED) is 0.496. The number of nitrogens with zero attached hydrogens (tertiary/aromatic N) is 2. The van der Waals surface area contributed by atoms with Gasteiger partial charge in [0.05, 0.1) is 11.9 Å². The molecule has 186 valence electrons. The molecular formula is C23H28Cl2FN3O4S. The number of carbonyl (C=O) groups is 2. The van der Waals surface area contributed by atoms with Crippen molar-refractivity contribution in [3.05, 3.63) is 63.9 Å². The number of amides is 2. The zero-order valence-electron chi connectivity index (χ0n) is 19.4. The molecule has 1 N–H and O–H groups in total. The first-order valence-corrected chi connectivity index (χ1v) is 13.2. The van der Waals surface area contributed by atoms with Crippen molar-refractivity contribution in [3.8, 4) is 0 Å². The van der Waals surface area contributed by atoms with Crippen molar-refractivity contribution < 1.29 is 22.4 Å². The summed E-state index contributed by atoms with van der Waals surface area (Å²) in [6.07, 6.45) is 1.63. The van der Waals surface area contributed by atoms with Gasteiger partial charge >= 0.3 is 0 Å². The zero-order chi connectivity index (χ0) is 25.6. The first-order valence-electron chi connectivity index (χ1n) is 10.6. The van der Waals surface area contributed by atoms with Gasteiger partial charge in [-0.3, -0.25) is 13.9 Å². The minimum atomic E-state index is -3.91. The second-order valence-corrected chi connectivity index (χ2v) is 10.7. The molecule has 2 rings (SSSR count). The molecule has 0 aliphatic carbocycles. The van der Waals surface area contributed by atoms with E-state index in [2.05, 4.69) is 5.32 Å². The van der Waals surface area contributed by atoms with Crippen molar-refractivity contribution in [2.75, 3.05) is 17.1 Å². The summed E-state index contributed by atoms with van der Waals surface area (Å²) in [4.78, 5) is 27.5. The Labute approximate surface area is 209 Å². The molecule has 0 spiro atoms. The fourth-order valence-corrected chi connectivity index (χ4v) is 4.49. The number of rotatable bonds is 10. The van der Waals surface area contributed by atoms with E-state index in [4.69, 9.17) is 23.2 Å². The summed E-state index contributed by atoms with van der Waals surface area (Å²) in [5, 5.41) is 3.44. The Hall–Kier alpha value is -2.36. The van der Waals surface area contributed by atoms with Gasteiger partial charge in [-0.2, -0.15) is 0 Å². The number of sulfonamides is 1. The lowest BCUT2D eigenvalue weighted by molar-refractivity contribution is -0.139. The molecule has 0 saturated heterocycles. The first-order chi connectivity index (χ1) is 15.8. The summed E-state index contributed by atoms with van der Waals surface area (Å²) in [5.74, 6) is -1.61. The highest BCUT2D eigenvalue weighted by Crippen LogP contribution is 2.27. The van der Waals surface area contributed by atoms with Crippen LogP contribution in [0.1, 0.15) is 32.8 Å². The van der Waals surface area contributed by atoms with Crippen LogP contribution in [-0.4, -0.2) is 50.0 Å². The normalized spacial score (nSPS) is 13.1. The van der Waals surface area contributed by atoms with Gasteiger partial charge in [-0.15, -0.1) is 0 Å². The van der Waals surface area contributed by atoms with E-state index in [9.17, 15) is 22.4 Å². The predicted molar refractivity (Wildman–Crippen MR) is 133 cm³/mol. The Morgan fingerprint density at radius 3 is 2.12 bits per heavy atom. The molecule has 2 unspecified atom stereocenters. The van der Waals surface area contributed by atoms with Gasteiger partial charge in [0.15, 0.2) is 0 Å². The molecule has 34 heavy (non-hydrogen) atoms. The highest BCUT2D eigenvalue weighted by Gasteiger charge is 2.31. The summed E-state index contributed by atoms with van der Waals surface area (Å²) in [7, 11) is -3.91. The molecule has 0 aliphatic heterocycles. The smallest absolute Gasteiger partial charge is 0.244 e. The van der Waals surface area contributed by atoms with Crippen molar-refractivity contribution in [2.45, 2.75) is 45.8 Å². The summed E-state index contributed by atoms with van der Waals surface area (Å²) in [5.41, 5.74) is 0.541. The molecule has 2 aromatic rings. The van der Waals surface area contributed by atoms with E-state index in [0.29, 0.717) is 22.0 Å². The maximum absolute atomic E-state index is 13.4. The highest BCUT2D eigenvalue weighted by atomic mass is 35.5. The van der Waals surface area contributed by atoms with Gasteiger partial charge in [0.2, 0.25) is 21.8 Å². The predicted octanol–water partition coefficient (Wildman–Crippen LogP) is 4.23. The highest BCUT2D eigenvalue weighted by molar-refractivity contribution is 7.92. The van der Waals surface area contributed by atoms with Crippen LogP contribution in [0.3, 0.4) is 0 Å². The van der Waals surface area contributed by atoms with Crippen LogP contribution < -0.4 is 9.62 Å². The molecule has 0 saturated carbocycles. The molecule has 0 radical (unpaired) electrons. The van der Waals surface area contributed by atoms with Gasteiger partial charge < -0.3 is 10.2 Å². The lowest BCUT2D eigenvalue weighted by atomic mass is 10.1. The third kappa shape index (κ3) is 7.32. The van der Waals surface area contributed by atoms with Gasteiger partial charge in [-0.05, 0) is 56.7 Å². The molecule has 2 aromatic carbocycles. The molecule has 0 aromatic heterocycles. The van der Waals surface area contributed by atoms with E-state index in [1.54, 1.807) is 25.1 Å². The van der Waals surface area contributed by atoms with Crippen molar-refractivity contribution >= 4 is 50.7 Å². The fourth-order valence-electron chi connectivity index (χ4n) is 3.12. The summed E-state index contributed by atoms with van der Waals surface area (Å²) >= 11 is 12.6. The van der Waals surface area contributed by atoms with Crippen LogP contribution in [0.25, 0.3) is 0 Å². The van der Waals surface area contributed by atoms with Crippen molar-refractivity contribution in [2.24, 2.45) is 0 Å². The second kappa shape index (κ2) is 11.9. The fraction of sp³-hybridized carbons (Fsp3) is 0.391. The maximum atomic E-state index is 13.4. The van der Waals surface area contributed by atoms with Crippen LogP contribution in [0.5, 0.6) is 0 Å². The lowest BCUT2D eigenvalue weighted by Crippen LogP contribution is -2.52. The van der Waals surface area contributed by atoms with Gasteiger partial charge in [-0.25, -0.2) is 12.8 Å². The zero-order valence-corrected chi connectivity index (χ0v) is 21.7. The number of nitrogens with one attached hydrogen (secondary N) is 1. The summed E-state index contributed by atoms with van der Waals surface area (Å²) in [6, 6.07) is 8.51. The van der Waals surface area contributed by atoms with Crippen LogP contribution in [0.2, 0.25) is 10.0 Å². The van der Waals surface area contributed by atoms with E-state index in [1.165, 1.54) is 17.0 Å². The van der Waals surface area contributed by atoms with Gasteiger partial charge in [-0.1, -0.05) is 36.2 Å². The summed E-state index contributed by atoms with van der Waals surface area (Å²) < 4.78 is 39.2. The molecule has 2 amide bonds. The summed E-state index contributed by atoms with van der Waals surface area (Å²) in [6.45, 7) is 4.57. The molecular weight excluding hydrogens is 504 g/mol. The second-order valence-electron chi connectivity index (χ2n) is 7.96. The Kier molecular flexibility index (Phi) is 9.73. The molecule has 7 nitrogen and oxygen atoms in total. The van der Waals surface area contributed by atoms with Gasteiger partial charge in [0, 0.05) is 28.2 Å². The number of benzene rings is 2. The number of halogens is 3. The topological polar surface area (TPSA) is 86.8 Å². The van der Waals surface area contributed by atoms with Gasteiger partial charge in [0.25, 0.3) is 0 Å². The number of hydrogen-bond acceptors (Lipinski definition) is 4. The standard InChI is InChI=1S/C23H28Cl2FN3O4S/c1-5-15(2)27-23(31)16(3)28(13-19-20(24)7-6-8-21(19)25)22(30)14-29(34(4,32)33)18-11-9-17(26)10-12-18/h6-12,15-16H,5,13-14H2,1-4H3,(H,27,31). The van der Waals surface area contributed by atoms with E-state index < -0.39 is 40.2 Å². The number of anilines is 1. The maximum Gasteiger partial charge on any atom is 0.244 e. The van der Waals surface area contributed by atoms with Crippen LogP contribution in [-0.2, 0) is 26.2 Å². The minimum absolute atomic E-state index is 0.115. The van der Waals surface area contributed by atoms with Gasteiger partial charge in [0.1, 0.15) is 18.4 Å². The van der Waals surface area contributed by atoms with E-state index >= 15 is 0 Å². The Morgan fingerprint density at radius 2 is 1.62 bits per heavy atom. The largest absolute Gasteiger partial charge is 0.352 e. The monoisotopic (exact) mass is 531 g/mol. The van der Waals surface area contributed by atoms with Crippen LogP contribution in [0, 0.1) is 5.82 Å². The van der Waals surface area contributed by atoms with E-state index in [0.717, 1.165) is 22.7 Å². The van der Waals surface area contributed by atoms with E-state index in [1.807, 2.05) is 13.8 Å². The van der Waals surface area contributed by atoms with Crippen molar-refractivity contribution in [1.29, 1.82) is 0 Å². The van der Waals surface area contributed by atoms with Crippen molar-refractivity contribution in [3.63, 3.8) is 0 Å². The Balaban J connectivity index is 2.43. The average Bonchev–Trinajstić information content (AvgIpc) is 2.76. The first kappa shape index (κ1) is 27.9. The average molecular weight is 532 g/mol. The molecule has 11 heteroatoms. The Morgan fingerprint density at radius 1 is 1.06 bits per heavy atom. The van der Waals surface area contributed by atoms with Crippen molar-refractivity contribution in [1.82, 2.24) is 10.2 Å². The number of hydrogen-bond donors (Lipinski definition) is 1. The van der Waals surface area contributed by atoms with Crippen LogP contribution in [0.15, 0.2) is 42.5 Å². The molecule has 2 atom stereocenters. The molecule has 0 heterocycles. The lowest BCUT2D eigenvalue weighted by Gasteiger charge is -2.32. The van der Waals surface area contributed by atoms with E-state index in [-0.39, 0.29) is 18.3 Å². The third-order valence-corrected chi connectivity index (χ3v) is 7.20. The van der Waals surface area contributed by atoms with Crippen LogP contribution >= 0.6 is 23.2 Å². The molecule has 0 aliphatic rings. The third-order valence-electron chi connectivity index (χ3n) is 5.35. The molecule has 0 bridgehead atoms. The SMILES string of the molecule is CCC(C)NC(=O)C(C)N(Cc1c(Cl)cccc1Cl)C(=O)CN(c1ccc(F)cc1)S(C)(=O)=O. The Bertz CT molecular complexity index is 1110. The minimum Gasteiger partial charge on any atom is -0.352 e. The molecule has 0 fully saturated rings.